The highest BCUT2D eigenvalue weighted by Crippen LogP contribution is 2.29. The van der Waals surface area contributed by atoms with Gasteiger partial charge in [-0.3, -0.25) is 0 Å². The van der Waals surface area contributed by atoms with Gasteiger partial charge in [-0.2, -0.15) is 8.78 Å². The second-order valence-electron chi connectivity index (χ2n) is 3.93. The maximum absolute atomic E-state index is 13.3. The normalized spacial score (nSPS) is 10.4. The summed E-state index contributed by atoms with van der Waals surface area (Å²) in [5, 5.41) is 2.55. The van der Waals surface area contributed by atoms with Crippen molar-refractivity contribution in [2.45, 2.75) is 0 Å². The molecule has 0 amide bonds. The van der Waals surface area contributed by atoms with E-state index in [4.69, 9.17) is 0 Å². The summed E-state index contributed by atoms with van der Waals surface area (Å²) in [6.07, 6.45) is 0. The van der Waals surface area contributed by atoms with E-state index in [1.54, 1.807) is 0 Å². The summed E-state index contributed by atoms with van der Waals surface area (Å²) in [6, 6.07) is 4.26. The first-order chi connectivity index (χ1) is 10.4. The topological polar surface area (TPSA) is 55.7 Å². The van der Waals surface area contributed by atoms with E-state index in [9.17, 15) is 31.7 Å². The zero-order valence-electron chi connectivity index (χ0n) is 10.4. The van der Waals surface area contributed by atoms with Crippen LogP contribution in [0, 0.1) is 34.0 Å². The summed E-state index contributed by atoms with van der Waals surface area (Å²) in [5.41, 5.74) is -0.316. The Labute approximate surface area is 119 Å². The van der Waals surface area contributed by atoms with E-state index in [1.807, 2.05) is 0 Å². The molecule has 0 bridgehead atoms. The van der Waals surface area contributed by atoms with Gasteiger partial charge < -0.3 is 4.74 Å². The minimum Gasteiger partial charge on any atom is -0.416 e. The Kier molecular flexibility index (Phi) is 4.15. The first kappa shape index (κ1) is 15.5. The third kappa shape index (κ3) is 2.65. The number of nitroso groups, excluding NO2 is 1. The fourth-order valence-electron chi connectivity index (χ4n) is 1.48. The molecule has 0 aliphatic heterocycles. The molecule has 0 radical (unpaired) electrons. The largest absolute Gasteiger partial charge is 0.416 e. The Bertz CT molecular complexity index is 732. The maximum Gasteiger partial charge on any atom is 0.343 e. The molecule has 9 heteroatoms. The van der Waals surface area contributed by atoms with Gasteiger partial charge in [-0.1, -0.05) is 0 Å². The Hall–Kier alpha value is -2.84. The Morgan fingerprint density at radius 2 is 1.27 bits per heavy atom. The second-order valence-corrected chi connectivity index (χ2v) is 3.93. The molecule has 2 aromatic rings. The molecule has 0 unspecified atom stereocenters. The molecular formula is C13H4F5NO3. The van der Waals surface area contributed by atoms with Crippen molar-refractivity contribution in [2.75, 3.05) is 0 Å². The lowest BCUT2D eigenvalue weighted by molar-refractivity contribution is 0.0716. The minimum atomic E-state index is -2.36. The summed E-state index contributed by atoms with van der Waals surface area (Å²) >= 11 is 0. The number of rotatable bonds is 3. The zero-order valence-corrected chi connectivity index (χ0v) is 10.4. The average Bonchev–Trinajstić information content (AvgIpc) is 2.55. The lowest BCUT2D eigenvalue weighted by Crippen LogP contribution is -2.13. The van der Waals surface area contributed by atoms with Crippen LogP contribution in [-0.2, 0) is 0 Å². The number of carbonyl (C=O) groups excluding carboxylic acids is 1. The van der Waals surface area contributed by atoms with Crippen LogP contribution in [0.5, 0.6) is 5.75 Å². The summed E-state index contributed by atoms with van der Waals surface area (Å²) in [4.78, 5) is 21.8. The van der Waals surface area contributed by atoms with Gasteiger partial charge in [-0.15, -0.1) is 4.91 Å². The number of carbonyl (C=O) groups is 1. The van der Waals surface area contributed by atoms with Crippen LogP contribution in [0.1, 0.15) is 10.4 Å². The van der Waals surface area contributed by atoms with Gasteiger partial charge in [0.2, 0.25) is 34.8 Å². The van der Waals surface area contributed by atoms with Crippen LogP contribution in [0.3, 0.4) is 0 Å². The van der Waals surface area contributed by atoms with Crippen molar-refractivity contribution in [3.8, 4) is 5.75 Å². The molecule has 0 aliphatic rings. The predicted octanol–water partition coefficient (Wildman–Crippen LogP) is 4.00. The molecule has 0 aliphatic carbocycles. The van der Waals surface area contributed by atoms with Gasteiger partial charge in [-0.05, 0) is 29.4 Å². The van der Waals surface area contributed by atoms with E-state index in [2.05, 4.69) is 9.91 Å². The van der Waals surface area contributed by atoms with E-state index in [1.165, 1.54) is 0 Å². The fraction of sp³-hybridized carbons (Fsp3) is 0. The van der Waals surface area contributed by atoms with Gasteiger partial charge in [0.05, 0.1) is 5.56 Å². The van der Waals surface area contributed by atoms with Crippen molar-refractivity contribution in [3.05, 3.63) is 63.8 Å². The molecule has 22 heavy (non-hydrogen) atoms. The van der Waals surface area contributed by atoms with Crippen LogP contribution in [0.2, 0.25) is 0 Å². The molecule has 0 atom stereocenters. The Morgan fingerprint density at radius 3 is 1.73 bits per heavy atom. The Balaban J connectivity index is 2.38. The van der Waals surface area contributed by atoms with Crippen molar-refractivity contribution in [3.63, 3.8) is 0 Å². The number of benzene rings is 2. The molecule has 0 fully saturated rings. The SMILES string of the molecule is O=Nc1ccc(C(=O)Oc2c(F)c(F)c(F)c(F)c2F)cc1. The summed E-state index contributed by atoms with van der Waals surface area (Å²) in [7, 11) is 0. The number of ether oxygens (including phenoxy) is 1. The van der Waals surface area contributed by atoms with E-state index in [0.29, 0.717) is 0 Å². The number of nitrogens with zero attached hydrogens (tertiary/aromatic N) is 1. The highest BCUT2D eigenvalue weighted by molar-refractivity contribution is 5.91. The van der Waals surface area contributed by atoms with Gasteiger partial charge in [0.25, 0.3) is 0 Å². The molecular weight excluding hydrogens is 313 g/mol. The van der Waals surface area contributed by atoms with Crippen LogP contribution in [-0.4, -0.2) is 5.97 Å². The number of halogens is 5. The molecule has 0 N–H and O–H groups in total. The minimum absolute atomic E-state index is 0.0345. The molecule has 0 aromatic heterocycles. The van der Waals surface area contributed by atoms with Crippen LogP contribution >= 0.6 is 0 Å². The second kappa shape index (κ2) is 5.88. The maximum atomic E-state index is 13.3. The fourth-order valence-corrected chi connectivity index (χ4v) is 1.48. The van der Waals surface area contributed by atoms with Crippen LogP contribution in [0.4, 0.5) is 27.6 Å². The lowest BCUT2D eigenvalue weighted by atomic mass is 10.2. The molecule has 0 saturated carbocycles. The third-order valence-electron chi connectivity index (χ3n) is 2.57. The van der Waals surface area contributed by atoms with Crippen molar-refractivity contribution in [1.82, 2.24) is 0 Å². The number of hydrogen-bond donors (Lipinski definition) is 0. The van der Waals surface area contributed by atoms with E-state index in [-0.39, 0.29) is 11.3 Å². The van der Waals surface area contributed by atoms with Crippen molar-refractivity contribution < 1.29 is 31.5 Å². The van der Waals surface area contributed by atoms with E-state index < -0.39 is 40.8 Å². The highest BCUT2D eigenvalue weighted by atomic mass is 19.2. The molecule has 0 heterocycles. The van der Waals surface area contributed by atoms with Crippen molar-refractivity contribution >= 4 is 11.7 Å². The van der Waals surface area contributed by atoms with Crippen LogP contribution in [0.15, 0.2) is 29.4 Å². The lowest BCUT2D eigenvalue weighted by Gasteiger charge is -2.08. The highest BCUT2D eigenvalue weighted by Gasteiger charge is 2.28. The van der Waals surface area contributed by atoms with E-state index >= 15 is 0 Å². The third-order valence-corrected chi connectivity index (χ3v) is 2.57. The number of hydrogen-bond acceptors (Lipinski definition) is 4. The first-order valence-electron chi connectivity index (χ1n) is 5.53. The van der Waals surface area contributed by atoms with Crippen LogP contribution in [0.25, 0.3) is 0 Å². The molecule has 2 aromatic carbocycles. The van der Waals surface area contributed by atoms with E-state index in [0.717, 1.165) is 24.3 Å². The summed E-state index contributed by atoms with van der Waals surface area (Å²) < 4.78 is 69.6. The zero-order chi connectivity index (χ0) is 16.4. The summed E-state index contributed by atoms with van der Waals surface area (Å²) in [5.74, 6) is -14.5. The van der Waals surface area contributed by atoms with Crippen LogP contribution < -0.4 is 4.74 Å². The Morgan fingerprint density at radius 1 is 0.818 bits per heavy atom. The molecule has 2 rings (SSSR count). The summed E-state index contributed by atoms with van der Waals surface area (Å²) in [6.45, 7) is 0. The first-order valence-corrected chi connectivity index (χ1v) is 5.53. The van der Waals surface area contributed by atoms with Gasteiger partial charge in [0.1, 0.15) is 5.69 Å². The monoisotopic (exact) mass is 317 g/mol. The number of esters is 1. The van der Waals surface area contributed by atoms with Crippen molar-refractivity contribution in [1.29, 1.82) is 0 Å². The molecule has 4 nitrogen and oxygen atoms in total. The van der Waals surface area contributed by atoms with Gasteiger partial charge >= 0.3 is 5.97 Å². The molecule has 0 saturated heterocycles. The average molecular weight is 317 g/mol. The quantitative estimate of drug-likeness (QED) is 0.215. The predicted molar refractivity (Wildman–Crippen MR) is 63.1 cm³/mol. The van der Waals surface area contributed by atoms with Gasteiger partial charge in [0, 0.05) is 0 Å². The van der Waals surface area contributed by atoms with Gasteiger partial charge in [-0.25, -0.2) is 18.0 Å². The van der Waals surface area contributed by atoms with Gasteiger partial charge in [0.15, 0.2) is 0 Å². The molecule has 114 valence electrons. The smallest absolute Gasteiger partial charge is 0.343 e. The molecule has 0 spiro atoms. The van der Waals surface area contributed by atoms with Crippen molar-refractivity contribution in [2.24, 2.45) is 5.18 Å². The standard InChI is InChI=1S/C13H4F5NO3/c14-7-8(15)10(17)12(11(18)9(7)16)22-13(20)5-1-3-6(19-21)4-2-5/h1-4H.